The third-order valence-corrected chi connectivity index (χ3v) is 2.27. The highest BCUT2D eigenvalue weighted by Gasteiger charge is 2.18. The predicted octanol–water partition coefficient (Wildman–Crippen LogP) is 3.53. The fraction of sp³-hybridized carbons (Fsp3) is 0.375. The predicted molar refractivity (Wildman–Crippen MR) is 53.0 cm³/mol. The van der Waals surface area contributed by atoms with E-state index in [9.17, 15) is 8.78 Å². The van der Waals surface area contributed by atoms with Crippen LogP contribution < -0.4 is 4.74 Å². The lowest BCUT2D eigenvalue weighted by molar-refractivity contribution is 0.146. The normalized spacial score (nSPS) is 10.7. The van der Waals surface area contributed by atoms with E-state index in [1.807, 2.05) is 0 Å². The molecule has 0 N–H and O–H groups in total. The van der Waals surface area contributed by atoms with Gasteiger partial charge in [-0.1, -0.05) is 0 Å². The standard InChI is InChI=1S/C8H7BrClF2NO/c1-14-7-4(8(11)12)2-6(9)13-5(7)3-10/h2,8H,3H2,1H3. The third-order valence-electron chi connectivity index (χ3n) is 1.61. The first-order chi connectivity index (χ1) is 6.60. The van der Waals surface area contributed by atoms with E-state index in [-0.39, 0.29) is 17.2 Å². The smallest absolute Gasteiger partial charge is 0.267 e. The zero-order valence-electron chi connectivity index (χ0n) is 7.23. The molecule has 14 heavy (non-hydrogen) atoms. The van der Waals surface area contributed by atoms with Gasteiger partial charge in [0.25, 0.3) is 6.43 Å². The molecular formula is C8H7BrClF2NO. The SMILES string of the molecule is COc1c(C(F)F)cc(Br)nc1CCl. The molecule has 0 aliphatic rings. The summed E-state index contributed by atoms with van der Waals surface area (Å²) in [6.07, 6.45) is -2.61. The number of hydrogen-bond donors (Lipinski definition) is 0. The topological polar surface area (TPSA) is 22.1 Å². The Kier molecular flexibility index (Phi) is 4.07. The first-order valence-electron chi connectivity index (χ1n) is 3.67. The molecule has 1 aromatic rings. The molecule has 2 nitrogen and oxygen atoms in total. The average Bonchev–Trinajstić information content (AvgIpc) is 2.16. The Bertz CT molecular complexity index is 335. The van der Waals surface area contributed by atoms with Gasteiger partial charge in [0.1, 0.15) is 4.60 Å². The number of alkyl halides is 3. The van der Waals surface area contributed by atoms with Gasteiger partial charge in [-0.15, -0.1) is 11.6 Å². The van der Waals surface area contributed by atoms with Crippen molar-refractivity contribution in [1.29, 1.82) is 0 Å². The highest BCUT2D eigenvalue weighted by atomic mass is 79.9. The van der Waals surface area contributed by atoms with Crippen molar-refractivity contribution in [3.8, 4) is 5.75 Å². The largest absolute Gasteiger partial charge is 0.494 e. The molecule has 0 spiro atoms. The van der Waals surface area contributed by atoms with E-state index < -0.39 is 6.43 Å². The van der Waals surface area contributed by atoms with Crippen molar-refractivity contribution in [3.05, 3.63) is 21.9 Å². The molecule has 0 amide bonds. The van der Waals surface area contributed by atoms with Gasteiger partial charge in [-0.2, -0.15) is 0 Å². The van der Waals surface area contributed by atoms with Crippen LogP contribution in [0.5, 0.6) is 5.75 Å². The van der Waals surface area contributed by atoms with Crippen LogP contribution in [-0.2, 0) is 5.88 Å². The fourth-order valence-electron chi connectivity index (χ4n) is 1.06. The molecule has 0 fully saturated rings. The van der Waals surface area contributed by atoms with Crippen molar-refractivity contribution in [2.45, 2.75) is 12.3 Å². The van der Waals surface area contributed by atoms with Crippen molar-refractivity contribution in [3.63, 3.8) is 0 Å². The second-order valence-corrected chi connectivity index (χ2v) is 3.53. The third kappa shape index (κ3) is 2.33. The van der Waals surface area contributed by atoms with Gasteiger partial charge in [0, 0.05) is 0 Å². The molecule has 1 heterocycles. The first kappa shape index (κ1) is 11.7. The van der Waals surface area contributed by atoms with Crippen molar-refractivity contribution in [2.24, 2.45) is 0 Å². The lowest BCUT2D eigenvalue weighted by atomic mass is 10.2. The fourth-order valence-corrected chi connectivity index (χ4v) is 1.70. The molecule has 0 unspecified atom stereocenters. The molecule has 0 aromatic carbocycles. The number of rotatable bonds is 3. The summed E-state index contributed by atoms with van der Waals surface area (Å²) in [5.74, 6) is 0.0840. The van der Waals surface area contributed by atoms with Crippen LogP contribution in [0.2, 0.25) is 0 Å². The summed E-state index contributed by atoms with van der Waals surface area (Å²) >= 11 is 8.58. The van der Waals surface area contributed by atoms with E-state index in [1.165, 1.54) is 13.2 Å². The summed E-state index contributed by atoms with van der Waals surface area (Å²) in [4.78, 5) is 3.93. The van der Waals surface area contributed by atoms with Crippen molar-refractivity contribution < 1.29 is 13.5 Å². The summed E-state index contributed by atoms with van der Waals surface area (Å²) in [6.45, 7) is 0. The van der Waals surface area contributed by atoms with Crippen molar-refractivity contribution in [2.75, 3.05) is 7.11 Å². The molecule has 0 aliphatic heterocycles. The van der Waals surface area contributed by atoms with Crippen LogP contribution in [0, 0.1) is 0 Å². The lowest BCUT2D eigenvalue weighted by Crippen LogP contribution is -2.00. The van der Waals surface area contributed by atoms with Crippen LogP contribution in [0.25, 0.3) is 0 Å². The Morgan fingerprint density at radius 3 is 2.71 bits per heavy atom. The minimum atomic E-state index is -2.61. The van der Waals surface area contributed by atoms with Gasteiger partial charge < -0.3 is 4.74 Å². The lowest BCUT2D eigenvalue weighted by Gasteiger charge is -2.11. The number of ether oxygens (including phenoxy) is 1. The summed E-state index contributed by atoms with van der Waals surface area (Å²) in [5.41, 5.74) is 0.101. The highest BCUT2D eigenvalue weighted by molar-refractivity contribution is 9.10. The maximum Gasteiger partial charge on any atom is 0.267 e. The van der Waals surface area contributed by atoms with Crippen LogP contribution in [-0.4, -0.2) is 12.1 Å². The van der Waals surface area contributed by atoms with E-state index in [2.05, 4.69) is 20.9 Å². The first-order valence-corrected chi connectivity index (χ1v) is 5.00. The Morgan fingerprint density at radius 2 is 2.29 bits per heavy atom. The Hall–Kier alpha value is -0.420. The van der Waals surface area contributed by atoms with Crippen LogP contribution >= 0.6 is 27.5 Å². The molecule has 0 aliphatic carbocycles. The second-order valence-electron chi connectivity index (χ2n) is 2.45. The molecule has 0 atom stereocenters. The number of nitrogens with zero attached hydrogens (tertiary/aromatic N) is 1. The Morgan fingerprint density at radius 1 is 1.64 bits per heavy atom. The van der Waals surface area contributed by atoms with Gasteiger partial charge in [-0.25, -0.2) is 13.8 Å². The number of halogens is 4. The zero-order valence-corrected chi connectivity index (χ0v) is 9.57. The van der Waals surface area contributed by atoms with E-state index in [1.54, 1.807) is 0 Å². The summed E-state index contributed by atoms with van der Waals surface area (Å²) < 4.78 is 30.2. The average molecular weight is 287 g/mol. The number of aromatic nitrogens is 1. The number of methoxy groups -OCH3 is 1. The minimum absolute atomic E-state index is 0.0301. The van der Waals surface area contributed by atoms with Crippen LogP contribution in [0.4, 0.5) is 8.78 Å². The van der Waals surface area contributed by atoms with E-state index >= 15 is 0 Å². The van der Waals surface area contributed by atoms with Gasteiger partial charge in [0.2, 0.25) is 0 Å². The van der Waals surface area contributed by atoms with Crippen LogP contribution in [0.1, 0.15) is 17.7 Å². The van der Waals surface area contributed by atoms with Gasteiger partial charge in [0.05, 0.1) is 24.2 Å². The maximum absolute atomic E-state index is 12.5. The summed E-state index contributed by atoms with van der Waals surface area (Å²) in [6, 6.07) is 1.22. The monoisotopic (exact) mass is 285 g/mol. The minimum Gasteiger partial charge on any atom is -0.494 e. The maximum atomic E-state index is 12.5. The van der Waals surface area contributed by atoms with Gasteiger partial charge in [0.15, 0.2) is 5.75 Å². The second kappa shape index (κ2) is 4.89. The summed E-state index contributed by atoms with van der Waals surface area (Å²) in [7, 11) is 1.31. The Balaban J connectivity index is 3.31. The molecular weight excluding hydrogens is 279 g/mol. The number of hydrogen-bond acceptors (Lipinski definition) is 2. The van der Waals surface area contributed by atoms with Crippen LogP contribution in [0.15, 0.2) is 10.7 Å². The molecule has 0 radical (unpaired) electrons. The van der Waals surface area contributed by atoms with Gasteiger partial charge in [-0.05, 0) is 22.0 Å². The molecule has 1 rings (SSSR count). The van der Waals surface area contributed by atoms with E-state index in [0.29, 0.717) is 10.3 Å². The van der Waals surface area contributed by atoms with E-state index in [0.717, 1.165) is 0 Å². The Labute approximate surface area is 93.4 Å². The van der Waals surface area contributed by atoms with Crippen molar-refractivity contribution >= 4 is 27.5 Å². The van der Waals surface area contributed by atoms with E-state index in [4.69, 9.17) is 16.3 Å². The molecule has 0 saturated heterocycles. The number of pyridine rings is 1. The van der Waals surface area contributed by atoms with Gasteiger partial charge in [-0.3, -0.25) is 0 Å². The van der Waals surface area contributed by atoms with Crippen molar-refractivity contribution in [1.82, 2.24) is 4.98 Å². The van der Waals surface area contributed by atoms with Crippen LogP contribution in [0.3, 0.4) is 0 Å². The molecule has 0 bridgehead atoms. The molecule has 0 saturated carbocycles. The zero-order chi connectivity index (χ0) is 10.7. The molecule has 78 valence electrons. The molecule has 1 aromatic heterocycles. The van der Waals surface area contributed by atoms with Gasteiger partial charge >= 0.3 is 0 Å². The quantitative estimate of drug-likeness (QED) is 0.626. The highest BCUT2D eigenvalue weighted by Crippen LogP contribution is 2.33. The molecule has 6 heteroatoms. The summed E-state index contributed by atoms with van der Waals surface area (Å²) in [5, 5.41) is 0.